The number of aromatic nitrogens is 3. The molecule has 0 saturated carbocycles. The van der Waals surface area contributed by atoms with E-state index in [4.69, 9.17) is 16.3 Å². The molecular formula is C18H11BrClN3O2S2. The van der Waals surface area contributed by atoms with Gasteiger partial charge in [0.05, 0.1) is 26.0 Å². The van der Waals surface area contributed by atoms with E-state index in [0.717, 1.165) is 19.8 Å². The fraction of sp³-hybridized carbons (Fsp3) is 0.0556. The van der Waals surface area contributed by atoms with E-state index in [1.54, 1.807) is 12.3 Å². The Morgan fingerprint density at radius 2 is 2.00 bits per heavy atom. The zero-order chi connectivity index (χ0) is 18.8. The van der Waals surface area contributed by atoms with E-state index in [9.17, 15) is 4.79 Å². The summed E-state index contributed by atoms with van der Waals surface area (Å²) in [5, 5.41) is 6.86. The first-order valence-electron chi connectivity index (χ1n) is 7.78. The first kappa shape index (κ1) is 18.4. The SMILES string of the molecule is O=C(OC(c1ccc(Br)cc1)c1ccns1)c1cn[nH]c1-c1ccc(Cl)s1. The molecule has 0 aliphatic rings. The number of ether oxygens (including phenoxy) is 1. The third-order valence-electron chi connectivity index (χ3n) is 3.79. The maximum absolute atomic E-state index is 12.9. The minimum absolute atomic E-state index is 0.361. The average molecular weight is 481 g/mol. The van der Waals surface area contributed by atoms with Crippen molar-refractivity contribution in [3.63, 3.8) is 0 Å². The lowest BCUT2D eigenvalue weighted by Crippen LogP contribution is -2.12. The van der Waals surface area contributed by atoms with Crippen molar-refractivity contribution in [1.82, 2.24) is 14.6 Å². The number of esters is 1. The third-order valence-corrected chi connectivity index (χ3v) is 6.36. The molecule has 136 valence electrons. The Hall–Kier alpha value is -2.00. The van der Waals surface area contributed by atoms with Crippen molar-refractivity contribution in [2.24, 2.45) is 0 Å². The summed E-state index contributed by atoms with van der Waals surface area (Å²) in [5.74, 6) is -0.468. The lowest BCUT2D eigenvalue weighted by Gasteiger charge is -2.17. The number of rotatable bonds is 5. The molecule has 0 fully saturated rings. The van der Waals surface area contributed by atoms with Gasteiger partial charge in [-0.25, -0.2) is 9.17 Å². The van der Waals surface area contributed by atoms with Gasteiger partial charge in [0, 0.05) is 10.7 Å². The molecule has 0 aliphatic heterocycles. The predicted octanol–water partition coefficient (Wildman–Crippen LogP) is 5.96. The molecule has 0 radical (unpaired) electrons. The average Bonchev–Trinajstić information content (AvgIpc) is 3.41. The van der Waals surface area contributed by atoms with Gasteiger partial charge in [-0.1, -0.05) is 39.7 Å². The van der Waals surface area contributed by atoms with Gasteiger partial charge in [0.25, 0.3) is 0 Å². The zero-order valence-electron chi connectivity index (χ0n) is 13.6. The van der Waals surface area contributed by atoms with Crippen molar-refractivity contribution in [2.75, 3.05) is 0 Å². The number of carbonyl (C=O) groups excluding carboxylic acids is 1. The number of hydrogen-bond donors (Lipinski definition) is 1. The van der Waals surface area contributed by atoms with Gasteiger partial charge in [-0.15, -0.1) is 11.3 Å². The molecule has 9 heteroatoms. The topological polar surface area (TPSA) is 67.9 Å². The molecule has 1 N–H and O–H groups in total. The van der Waals surface area contributed by atoms with E-state index in [1.807, 2.05) is 36.4 Å². The Balaban J connectivity index is 1.65. The fourth-order valence-corrected chi connectivity index (χ4v) is 4.50. The Morgan fingerprint density at radius 1 is 1.19 bits per heavy atom. The number of hydrogen-bond acceptors (Lipinski definition) is 6. The summed E-state index contributed by atoms with van der Waals surface area (Å²) < 4.78 is 11.6. The van der Waals surface area contributed by atoms with Crippen molar-refractivity contribution in [3.8, 4) is 10.6 Å². The maximum atomic E-state index is 12.9. The minimum atomic E-state index is -0.548. The van der Waals surface area contributed by atoms with E-state index in [1.165, 1.54) is 29.1 Å². The Bertz CT molecular complexity index is 1060. The molecule has 3 heterocycles. The molecule has 1 aromatic carbocycles. The van der Waals surface area contributed by atoms with Crippen LogP contribution in [0.5, 0.6) is 0 Å². The molecule has 0 spiro atoms. The van der Waals surface area contributed by atoms with Gasteiger partial charge < -0.3 is 4.74 Å². The fourth-order valence-electron chi connectivity index (χ4n) is 2.54. The van der Waals surface area contributed by atoms with Gasteiger partial charge in [-0.3, -0.25) is 5.10 Å². The lowest BCUT2D eigenvalue weighted by molar-refractivity contribution is 0.0385. The second-order valence-corrected chi connectivity index (χ2v) is 9.01. The first-order valence-corrected chi connectivity index (χ1v) is 10.5. The molecule has 27 heavy (non-hydrogen) atoms. The van der Waals surface area contributed by atoms with Crippen molar-refractivity contribution in [1.29, 1.82) is 0 Å². The van der Waals surface area contributed by atoms with Crippen molar-refractivity contribution in [2.45, 2.75) is 6.10 Å². The zero-order valence-corrected chi connectivity index (χ0v) is 17.5. The molecule has 5 nitrogen and oxygen atoms in total. The molecule has 0 bridgehead atoms. The quantitative estimate of drug-likeness (QED) is 0.358. The smallest absolute Gasteiger partial charge is 0.343 e. The highest BCUT2D eigenvalue weighted by atomic mass is 79.9. The molecular weight excluding hydrogens is 470 g/mol. The molecule has 1 unspecified atom stereocenters. The van der Waals surface area contributed by atoms with E-state index < -0.39 is 12.1 Å². The number of thiophene rings is 1. The van der Waals surface area contributed by atoms with Gasteiger partial charge >= 0.3 is 5.97 Å². The number of carbonyl (C=O) groups is 1. The largest absolute Gasteiger partial charge is 0.448 e. The summed E-state index contributed by atoms with van der Waals surface area (Å²) in [4.78, 5) is 14.6. The number of halogens is 2. The van der Waals surface area contributed by atoms with Crippen LogP contribution in [-0.4, -0.2) is 20.5 Å². The summed E-state index contributed by atoms with van der Waals surface area (Å²) in [5.41, 5.74) is 1.82. The second kappa shape index (κ2) is 7.93. The number of nitrogens with zero attached hydrogens (tertiary/aromatic N) is 2. The molecule has 0 amide bonds. The Kier molecular flexibility index (Phi) is 5.40. The van der Waals surface area contributed by atoms with E-state index in [0.29, 0.717) is 15.6 Å². The number of H-pyrrole nitrogens is 1. The normalized spacial score (nSPS) is 12.1. The molecule has 3 aromatic heterocycles. The highest BCUT2D eigenvalue weighted by Gasteiger charge is 2.25. The molecule has 0 aliphatic carbocycles. The predicted molar refractivity (Wildman–Crippen MR) is 110 cm³/mol. The number of nitrogens with one attached hydrogen (secondary N) is 1. The molecule has 4 rings (SSSR count). The monoisotopic (exact) mass is 479 g/mol. The van der Waals surface area contributed by atoms with Crippen LogP contribution in [0.15, 0.2) is 59.3 Å². The third kappa shape index (κ3) is 3.98. The second-order valence-electron chi connectivity index (χ2n) is 5.51. The van der Waals surface area contributed by atoms with Crippen molar-refractivity contribution in [3.05, 3.63) is 79.7 Å². The van der Waals surface area contributed by atoms with Gasteiger partial charge in [-0.2, -0.15) is 5.10 Å². The summed E-state index contributed by atoms with van der Waals surface area (Å²) in [6.45, 7) is 0. The highest BCUT2D eigenvalue weighted by molar-refractivity contribution is 9.10. The van der Waals surface area contributed by atoms with Crippen LogP contribution < -0.4 is 0 Å². The van der Waals surface area contributed by atoms with Crippen LogP contribution in [0.2, 0.25) is 4.34 Å². The number of benzene rings is 1. The standard InChI is InChI=1S/C18H11BrClN3O2S2/c19-11-3-1-10(2-4-11)17(14-7-8-22-27-14)25-18(24)12-9-21-23-16(12)13-5-6-15(20)26-13/h1-9,17H,(H,21,23). The van der Waals surface area contributed by atoms with E-state index in [2.05, 4.69) is 30.5 Å². The summed E-state index contributed by atoms with van der Waals surface area (Å²) in [6, 6.07) is 13.1. The van der Waals surface area contributed by atoms with Crippen LogP contribution in [0, 0.1) is 0 Å². The van der Waals surface area contributed by atoms with Crippen LogP contribution in [0.1, 0.15) is 26.9 Å². The van der Waals surface area contributed by atoms with Crippen LogP contribution >= 0.6 is 50.4 Å². The van der Waals surface area contributed by atoms with Gasteiger partial charge in [0.2, 0.25) is 0 Å². The summed E-state index contributed by atoms with van der Waals surface area (Å²) >= 11 is 12.1. The van der Waals surface area contributed by atoms with E-state index >= 15 is 0 Å². The maximum Gasteiger partial charge on any atom is 0.343 e. The van der Waals surface area contributed by atoms with Gasteiger partial charge in [0.15, 0.2) is 6.10 Å². The van der Waals surface area contributed by atoms with Crippen molar-refractivity contribution < 1.29 is 9.53 Å². The minimum Gasteiger partial charge on any atom is -0.448 e. The Labute approximate surface area is 176 Å². The van der Waals surface area contributed by atoms with Crippen molar-refractivity contribution >= 4 is 56.4 Å². The van der Waals surface area contributed by atoms with Crippen LogP contribution in [0.4, 0.5) is 0 Å². The molecule has 4 aromatic rings. The molecule has 0 saturated heterocycles. The summed E-state index contributed by atoms with van der Waals surface area (Å²) in [7, 11) is 0. The summed E-state index contributed by atoms with van der Waals surface area (Å²) in [6.07, 6.45) is 2.61. The van der Waals surface area contributed by atoms with E-state index in [-0.39, 0.29) is 0 Å². The van der Waals surface area contributed by atoms with Gasteiger partial charge in [0.1, 0.15) is 5.56 Å². The van der Waals surface area contributed by atoms with Crippen LogP contribution in [0.25, 0.3) is 10.6 Å². The lowest BCUT2D eigenvalue weighted by atomic mass is 10.1. The highest BCUT2D eigenvalue weighted by Crippen LogP contribution is 2.34. The Morgan fingerprint density at radius 3 is 2.67 bits per heavy atom. The first-order chi connectivity index (χ1) is 13.1. The number of aromatic amines is 1. The molecule has 1 atom stereocenters. The van der Waals surface area contributed by atoms with Crippen LogP contribution in [-0.2, 0) is 4.74 Å². The van der Waals surface area contributed by atoms with Gasteiger partial charge in [-0.05, 0) is 47.4 Å². The van der Waals surface area contributed by atoms with Crippen LogP contribution in [0.3, 0.4) is 0 Å².